The molecule has 0 atom stereocenters. The summed E-state index contributed by atoms with van der Waals surface area (Å²) in [5, 5.41) is 0. The summed E-state index contributed by atoms with van der Waals surface area (Å²) >= 11 is 10.7. The molecule has 0 aliphatic heterocycles. The number of hydrogen-bond donors (Lipinski definition) is 1. The van der Waals surface area contributed by atoms with Crippen molar-refractivity contribution in [3.63, 3.8) is 0 Å². The highest BCUT2D eigenvalue weighted by molar-refractivity contribution is 9.10. The fourth-order valence-electron chi connectivity index (χ4n) is 1.38. The van der Waals surface area contributed by atoms with Crippen molar-refractivity contribution in [2.75, 3.05) is 5.75 Å². The molecular formula is C12H19BrN2S2. The van der Waals surface area contributed by atoms with E-state index in [1.54, 1.807) is 0 Å². The predicted octanol–water partition coefficient (Wildman–Crippen LogP) is 4.91. The van der Waals surface area contributed by atoms with Gasteiger partial charge in [0.1, 0.15) is 10.5 Å². The average molecular weight is 335 g/mol. The molecule has 1 N–H and O–H groups in total. The molecule has 1 aromatic rings. The second kappa shape index (κ2) is 6.90. The van der Waals surface area contributed by atoms with E-state index in [2.05, 4.69) is 53.6 Å². The summed E-state index contributed by atoms with van der Waals surface area (Å²) in [6, 6.07) is 0. The SMILES string of the molecule is CC(C)CSCc1nc(=S)c(Br)c(C(C)C)[nH]1. The monoisotopic (exact) mass is 334 g/mol. The van der Waals surface area contributed by atoms with Crippen molar-refractivity contribution in [2.24, 2.45) is 5.92 Å². The van der Waals surface area contributed by atoms with Gasteiger partial charge in [-0.05, 0) is 33.5 Å². The van der Waals surface area contributed by atoms with E-state index in [1.807, 2.05) is 11.8 Å². The van der Waals surface area contributed by atoms with Crippen LogP contribution in [0.15, 0.2) is 4.47 Å². The van der Waals surface area contributed by atoms with Crippen LogP contribution >= 0.6 is 39.9 Å². The maximum Gasteiger partial charge on any atom is 0.144 e. The summed E-state index contributed by atoms with van der Waals surface area (Å²) in [7, 11) is 0. The van der Waals surface area contributed by atoms with E-state index in [0.717, 1.165) is 27.5 Å². The number of aromatic amines is 1. The van der Waals surface area contributed by atoms with Crippen LogP contribution in [-0.4, -0.2) is 15.7 Å². The van der Waals surface area contributed by atoms with E-state index >= 15 is 0 Å². The normalized spacial score (nSPS) is 11.5. The van der Waals surface area contributed by atoms with Gasteiger partial charge in [0.05, 0.1) is 10.2 Å². The van der Waals surface area contributed by atoms with Gasteiger partial charge in [-0.1, -0.05) is 39.9 Å². The van der Waals surface area contributed by atoms with Crippen molar-refractivity contribution >= 4 is 39.9 Å². The second-order valence-electron chi connectivity index (χ2n) is 4.78. The fourth-order valence-corrected chi connectivity index (χ4v) is 3.17. The number of nitrogens with one attached hydrogen (secondary N) is 1. The molecule has 0 saturated heterocycles. The molecule has 0 aromatic carbocycles. The molecule has 0 radical (unpaired) electrons. The molecule has 0 bridgehead atoms. The third-order valence-corrected chi connectivity index (χ3v) is 4.95. The van der Waals surface area contributed by atoms with Crippen LogP contribution in [0.25, 0.3) is 0 Å². The van der Waals surface area contributed by atoms with Gasteiger partial charge in [0, 0.05) is 5.69 Å². The molecule has 1 aromatic heterocycles. The minimum absolute atomic E-state index is 0.419. The molecule has 0 aliphatic carbocycles. The molecule has 0 aliphatic rings. The number of rotatable bonds is 5. The molecule has 0 saturated carbocycles. The van der Waals surface area contributed by atoms with E-state index in [-0.39, 0.29) is 0 Å². The van der Waals surface area contributed by atoms with Crippen molar-refractivity contribution in [3.05, 3.63) is 20.6 Å². The van der Waals surface area contributed by atoms with Crippen molar-refractivity contribution < 1.29 is 0 Å². The van der Waals surface area contributed by atoms with Crippen molar-refractivity contribution in [2.45, 2.75) is 39.4 Å². The van der Waals surface area contributed by atoms with Crippen LogP contribution in [0.4, 0.5) is 0 Å². The van der Waals surface area contributed by atoms with Crippen LogP contribution in [0.2, 0.25) is 0 Å². The van der Waals surface area contributed by atoms with Gasteiger partial charge in [-0.2, -0.15) is 11.8 Å². The highest BCUT2D eigenvalue weighted by Crippen LogP contribution is 2.24. The Morgan fingerprint density at radius 3 is 2.53 bits per heavy atom. The summed E-state index contributed by atoms with van der Waals surface area (Å²) in [4.78, 5) is 7.79. The Labute approximate surface area is 121 Å². The lowest BCUT2D eigenvalue weighted by Crippen LogP contribution is -2.03. The Balaban J connectivity index is 2.84. The summed E-state index contributed by atoms with van der Waals surface area (Å²) in [6.07, 6.45) is 0. The van der Waals surface area contributed by atoms with Crippen LogP contribution in [0, 0.1) is 10.6 Å². The van der Waals surface area contributed by atoms with E-state index in [0.29, 0.717) is 16.5 Å². The summed E-state index contributed by atoms with van der Waals surface area (Å²) < 4.78 is 1.59. The maximum atomic E-state index is 5.26. The maximum absolute atomic E-state index is 5.26. The summed E-state index contributed by atoms with van der Waals surface area (Å²) in [5.41, 5.74) is 1.14. The molecule has 17 heavy (non-hydrogen) atoms. The van der Waals surface area contributed by atoms with Crippen molar-refractivity contribution in [1.29, 1.82) is 0 Å². The minimum atomic E-state index is 0.419. The number of halogens is 1. The Morgan fingerprint density at radius 2 is 2.00 bits per heavy atom. The van der Waals surface area contributed by atoms with Crippen molar-refractivity contribution in [1.82, 2.24) is 9.97 Å². The smallest absolute Gasteiger partial charge is 0.144 e. The molecule has 0 fully saturated rings. The Kier molecular flexibility index (Phi) is 6.17. The molecule has 2 nitrogen and oxygen atoms in total. The third-order valence-electron chi connectivity index (χ3n) is 2.21. The second-order valence-corrected chi connectivity index (χ2v) is 6.99. The zero-order valence-corrected chi connectivity index (χ0v) is 13.9. The Bertz CT molecular complexity index is 427. The van der Waals surface area contributed by atoms with Gasteiger partial charge in [0.25, 0.3) is 0 Å². The van der Waals surface area contributed by atoms with Gasteiger partial charge in [-0.25, -0.2) is 4.98 Å². The highest BCUT2D eigenvalue weighted by atomic mass is 79.9. The molecule has 0 amide bonds. The van der Waals surface area contributed by atoms with Gasteiger partial charge in [0.2, 0.25) is 0 Å². The Morgan fingerprint density at radius 1 is 1.35 bits per heavy atom. The minimum Gasteiger partial charge on any atom is -0.345 e. The lowest BCUT2D eigenvalue weighted by molar-refractivity contribution is 0.748. The quantitative estimate of drug-likeness (QED) is 0.775. The standard InChI is InChI=1S/C12H19BrN2S2/c1-7(2)5-17-6-9-14-11(8(3)4)10(13)12(16)15-9/h7-8H,5-6H2,1-4H3,(H,14,15,16). The number of hydrogen-bond acceptors (Lipinski definition) is 3. The number of aromatic nitrogens is 2. The molecule has 96 valence electrons. The first-order valence-electron chi connectivity index (χ1n) is 5.78. The largest absolute Gasteiger partial charge is 0.345 e. The molecule has 1 rings (SSSR count). The lowest BCUT2D eigenvalue weighted by Gasteiger charge is -2.11. The van der Waals surface area contributed by atoms with Gasteiger partial charge < -0.3 is 4.98 Å². The van der Waals surface area contributed by atoms with Crippen LogP contribution in [0.5, 0.6) is 0 Å². The number of H-pyrrole nitrogens is 1. The van der Waals surface area contributed by atoms with E-state index in [1.165, 1.54) is 0 Å². The first kappa shape index (κ1) is 15.2. The van der Waals surface area contributed by atoms with Crippen molar-refractivity contribution in [3.8, 4) is 0 Å². The van der Waals surface area contributed by atoms with Gasteiger partial charge in [-0.3, -0.25) is 0 Å². The van der Waals surface area contributed by atoms with E-state index < -0.39 is 0 Å². The summed E-state index contributed by atoms with van der Waals surface area (Å²) in [6.45, 7) is 8.75. The zero-order valence-electron chi connectivity index (χ0n) is 10.7. The van der Waals surface area contributed by atoms with Crippen LogP contribution < -0.4 is 0 Å². The van der Waals surface area contributed by atoms with Crippen LogP contribution in [0.3, 0.4) is 0 Å². The third kappa shape index (κ3) is 4.72. The first-order chi connectivity index (χ1) is 7.91. The predicted molar refractivity (Wildman–Crippen MR) is 82.2 cm³/mol. The Hall–Kier alpha value is 0.130. The number of nitrogens with zero attached hydrogens (tertiary/aromatic N) is 1. The topological polar surface area (TPSA) is 28.7 Å². The lowest BCUT2D eigenvalue weighted by atomic mass is 10.1. The van der Waals surface area contributed by atoms with E-state index in [9.17, 15) is 0 Å². The zero-order chi connectivity index (χ0) is 13.0. The van der Waals surface area contributed by atoms with Gasteiger partial charge >= 0.3 is 0 Å². The molecule has 0 spiro atoms. The average Bonchev–Trinajstić information content (AvgIpc) is 2.22. The van der Waals surface area contributed by atoms with E-state index in [4.69, 9.17) is 12.2 Å². The van der Waals surface area contributed by atoms with Gasteiger partial charge in [-0.15, -0.1) is 0 Å². The molecule has 1 heterocycles. The molecule has 5 heteroatoms. The number of thioether (sulfide) groups is 1. The first-order valence-corrected chi connectivity index (χ1v) is 8.13. The van der Waals surface area contributed by atoms with Gasteiger partial charge in [0.15, 0.2) is 0 Å². The van der Waals surface area contributed by atoms with Crippen LogP contribution in [-0.2, 0) is 5.75 Å². The fraction of sp³-hybridized carbons (Fsp3) is 0.667. The van der Waals surface area contributed by atoms with Crippen LogP contribution in [0.1, 0.15) is 45.1 Å². The summed E-state index contributed by atoms with van der Waals surface area (Å²) in [5.74, 6) is 4.16. The molecule has 0 unspecified atom stereocenters. The molecular weight excluding hydrogens is 316 g/mol. The highest BCUT2D eigenvalue weighted by Gasteiger charge is 2.09.